The highest BCUT2D eigenvalue weighted by atomic mass is 32.1. The number of thiocarbonyl (C=S) groups is 1. The van der Waals surface area contributed by atoms with Crippen LogP contribution in [0.25, 0.3) is 0 Å². The number of carbonyl (C=O) groups excluding carboxylic acids is 1. The zero-order valence-electron chi connectivity index (χ0n) is 13.8. The zero-order valence-corrected chi connectivity index (χ0v) is 14.6. The van der Waals surface area contributed by atoms with E-state index >= 15 is 0 Å². The average molecular weight is 345 g/mol. The summed E-state index contributed by atoms with van der Waals surface area (Å²) in [6.07, 6.45) is 0. The molecule has 0 bridgehead atoms. The summed E-state index contributed by atoms with van der Waals surface area (Å²) < 4.78 is 16.1. The highest BCUT2D eigenvalue weighted by Crippen LogP contribution is 2.26. The van der Waals surface area contributed by atoms with Crippen LogP contribution in [0.1, 0.15) is 15.9 Å². The molecule has 24 heavy (non-hydrogen) atoms. The molecule has 2 aromatic rings. The van der Waals surface area contributed by atoms with Crippen molar-refractivity contribution in [3.8, 4) is 11.5 Å². The number of esters is 1. The van der Waals surface area contributed by atoms with Gasteiger partial charge in [0.2, 0.25) is 0 Å². The van der Waals surface area contributed by atoms with E-state index in [0.29, 0.717) is 18.1 Å². The monoisotopic (exact) mass is 345 g/mol. The molecule has 0 radical (unpaired) electrons. The second-order valence-corrected chi connectivity index (χ2v) is 5.54. The molecule has 2 aromatic carbocycles. The molecule has 0 N–H and O–H groups in total. The Hall–Kier alpha value is -2.60. The van der Waals surface area contributed by atoms with Gasteiger partial charge in [0.1, 0.15) is 23.7 Å². The Morgan fingerprint density at radius 2 is 1.83 bits per heavy atom. The highest BCUT2D eigenvalue weighted by Gasteiger charge is 2.17. The second kappa shape index (κ2) is 8.31. The first-order valence-corrected chi connectivity index (χ1v) is 7.70. The summed E-state index contributed by atoms with van der Waals surface area (Å²) in [5.41, 5.74) is 1.29. The number of rotatable bonds is 5. The van der Waals surface area contributed by atoms with E-state index in [9.17, 15) is 4.79 Å². The average Bonchev–Trinajstić information content (AvgIpc) is 2.60. The van der Waals surface area contributed by atoms with Crippen molar-refractivity contribution in [3.63, 3.8) is 0 Å². The maximum absolute atomic E-state index is 12.0. The number of carbonyl (C=O) groups is 1. The Labute approximate surface area is 146 Å². The maximum atomic E-state index is 12.0. The Kier molecular flexibility index (Phi) is 6.14. The van der Waals surface area contributed by atoms with Crippen molar-refractivity contribution in [2.45, 2.75) is 6.61 Å². The van der Waals surface area contributed by atoms with Crippen LogP contribution in [0.4, 0.5) is 0 Å². The van der Waals surface area contributed by atoms with Crippen molar-refractivity contribution in [2.24, 2.45) is 0 Å². The van der Waals surface area contributed by atoms with Gasteiger partial charge >= 0.3 is 5.97 Å². The van der Waals surface area contributed by atoms with Gasteiger partial charge in [0.25, 0.3) is 5.17 Å². The van der Waals surface area contributed by atoms with Crippen LogP contribution in [0.2, 0.25) is 0 Å². The first-order chi connectivity index (χ1) is 11.5. The van der Waals surface area contributed by atoms with Crippen molar-refractivity contribution in [1.82, 2.24) is 4.90 Å². The molecule has 0 heterocycles. The van der Waals surface area contributed by atoms with Crippen LogP contribution in [-0.4, -0.2) is 37.2 Å². The minimum atomic E-state index is -0.517. The fourth-order valence-corrected chi connectivity index (χ4v) is 1.97. The van der Waals surface area contributed by atoms with Crippen LogP contribution < -0.4 is 9.47 Å². The molecule has 0 aliphatic heterocycles. The van der Waals surface area contributed by atoms with Gasteiger partial charge in [-0.1, -0.05) is 30.3 Å². The Morgan fingerprint density at radius 3 is 2.46 bits per heavy atom. The third-order valence-electron chi connectivity index (χ3n) is 3.17. The number of hydrogen-bond donors (Lipinski definition) is 0. The highest BCUT2D eigenvalue weighted by molar-refractivity contribution is 7.80. The van der Waals surface area contributed by atoms with Crippen LogP contribution in [0.3, 0.4) is 0 Å². The van der Waals surface area contributed by atoms with Gasteiger partial charge in [0.05, 0.1) is 7.11 Å². The lowest BCUT2D eigenvalue weighted by Gasteiger charge is -2.16. The van der Waals surface area contributed by atoms with Gasteiger partial charge in [0.15, 0.2) is 0 Å². The molecule has 0 aliphatic rings. The number of hydrogen-bond acceptors (Lipinski definition) is 5. The molecule has 0 unspecified atom stereocenters. The fraction of sp³-hybridized carbons (Fsp3) is 0.222. The van der Waals surface area contributed by atoms with Crippen LogP contribution in [0.15, 0.2) is 48.5 Å². The van der Waals surface area contributed by atoms with Crippen molar-refractivity contribution < 1.29 is 19.0 Å². The zero-order chi connectivity index (χ0) is 17.5. The standard InChI is InChI=1S/C18H19NO4S/c1-19(2)18(24)23-16-10-9-14(11-15(16)17(20)21-3)22-12-13-7-5-4-6-8-13/h4-11H,12H2,1-3H3. The number of nitrogens with zero attached hydrogens (tertiary/aromatic N) is 1. The molecular formula is C18H19NO4S. The third-order valence-corrected chi connectivity index (χ3v) is 3.62. The molecule has 5 nitrogen and oxygen atoms in total. The molecule has 0 saturated heterocycles. The van der Waals surface area contributed by atoms with Crippen LogP contribution in [-0.2, 0) is 11.3 Å². The topological polar surface area (TPSA) is 48.0 Å². The lowest BCUT2D eigenvalue weighted by atomic mass is 10.2. The van der Waals surface area contributed by atoms with Crippen LogP contribution >= 0.6 is 12.2 Å². The number of methoxy groups -OCH3 is 1. The minimum Gasteiger partial charge on any atom is -0.489 e. The maximum Gasteiger partial charge on any atom is 0.341 e. The van der Waals surface area contributed by atoms with Gasteiger partial charge < -0.3 is 19.1 Å². The first-order valence-electron chi connectivity index (χ1n) is 7.29. The van der Waals surface area contributed by atoms with E-state index in [1.807, 2.05) is 30.3 Å². The summed E-state index contributed by atoms with van der Waals surface area (Å²) in [5.74, 6) is 0.353. The quantitative estimate of drug-likeness (QED) is 0.612. The second-order valence-electron chi connectivity index (χ2n) is 5.19. The largest absolute Gasteiger partial charge is 0.489 e. The molecule has 0 saturated carbocycles. The predicted molar refractivity (Wildman–Crippen MR) is 95.5 cm³/mol. The van der Waals surface area contributed by atoms with E-state index in [0.717, 1.165) is 5.56 Å². The minimum absolute atomic E-state index is 0.248. The van der Waals surface area contributed by atoms with Crippen molar-refractivity contribution in [3.05, 3.63) is 59.7 Å². The smallest absolute Gasteiger partial charge is 0.341 e. The van der Waals surface area contributed by atoms with E-state index < -0.39 is 5.97 Å². The summed E-state index contributed by atoms with van der Waals surface area (Å²) in [6.45, 7) is 0.401. The van der Waals surface area contributed by atoms with Crippen molar-refractivity contribution in [2.75, 3.05) is 21.2 Å². The van der Waals surface area contributed by atoms with E-state index in [2.05, 4.69) is 0 Å². The molecular weight excluding hydrogens is 326 g/mol. The Morgan fingerprint density at radius 1 is 1.12 bits per heavy atom. The molecule has 0 spiro atoms. The van der Waals surface area contributed by atoms with Crippen molar-refractivity contribution >= 4 is 23.4 Å². The van der Waals surface area contributed by atoms with Gasteiger partial charge in [0, 0.05) is 14.1 Å². The molecule has 0 atom stereocenters. The third kappa shape index (κ3) is 4.70. The SMILES string of the molecule is COC(=O)c1cc(OCc2ccccc2)ccc1OC(=S)N(C)C. The fourth-order valence-electron chi connectivity index (χ4n) is 1.88. The Bertz CT molecular complexity index is 716. The van der Waals surface area contributed by atoms with Crippen LogP contribution in [0.5, 0.6) is 11.5 Å². The van der Waals surface area contributed by atoms with Gasteiger partial charge in [-0.05, 0) is 36.0 Å². The molecule has 0 aromatic heterocycles. The van der Waals surface area contributed by atoms with Gasteiger partial charge in [-0.2, -0.15) is 0 Å². The van der Waals surface area contributed by atoms with Crippen molar-refractivity contribution in [1.29, 1.82) is 0 Å². The summed E-state index contributed by atoms with van der Waals surface area (Å²) in [4.78, 5) is 13.6. The number of ether oxygens (including phenoxy) is 3. The molecule has 6 heteroatoms. The molecule has 0 aliphatic carbocycles. The number of benzene rings is 2. The summed E-state index contributed by atoms with van der Waals surface area (Å²) >= 11 is 5.11. The normalized spacial score (nSPS) is 9.96. The van der Waals surface area contributed by atoms with E-state index in [1.54, 1.807) is 37.2 Å². The predicted octanol–water partition coefficient (Wildman–Crippen LogP) is 3.28. The summed E-state index contributed by atoms with van der Waals surface area (Å²) in [5, 5.41) is 0.248. The first kappa shape index (κ1) is 17.7. The molecule has 2 rings (SSSR count). The van der Waals surface area contributed by atoms with E-state index in [-0.39, 0.29) is 10.7 Å². The van der Waals surface area contributed by atoms with E-state index in [1.165, 1.54) is 7.11 Å². The molecule has 126 valence electrons. The lowest BCUT2D eigenvalue weighted by molar-refractivity contribution is 0.0597. The van der Waals surface area contributed by atoms with E-state index in [4.69, 9.17) is 26.4 Å². The molecule has 0 amide bonds. The molecule has 0 fully saturated rings. The lowest BCUT2D eigenvalue weighted by Crippen LogP contribution is -2.25. The van der Waals surface area contributed by atoms with Gasteiger partial charge in [-0.3, -0.25) is 0 Å². The van der Waals surface area contributed by atoms with Crippen LogP contribution in [0, 0.1) is 0 Å². The van der Waals surface area contributed by atoms with Gasteiger partial charge in [-0.15, -0.1) is 0 Å². The summed E-state index contributed by atoms with van der Waals surface area (Å²) in [7, 11) is 4.84. The summed E-state index contributed by atoms with van der Waals surface area (Å²) in [6, 6.07) is 14.7. The van der Waals surface area contributed by atoms with Gasteiger partial charge in [-0.25, -0.2) is 4.79 Å². The Balaban J connectivity index is 2.19.